The van der Waals surface area contributed by atoms with Gasteiger partial charge in [-0.1, -0.05) is 12.1 Å². The van der Waals surface area contributed by atoms with E-state index in [2.05, 4.69) is 10.3 Å². The van der Waals surface area contributed by atoms with Gasteiger partial charge in [0.15, 0.2) is 23.0 Å². The number of benzene rings is 2. The van der Waals surface area contributed by atoms with Gasteiger partial charge < -0.3 is 23.6 Å². The van der Waals surface area contributed by atoms with Crippen LogP contribution in [-0.4, -0.2) is 25.1 Å². The van der Waals surface area contributed by atoms with E-state index < -0.39 is 0 Å². The Kier molecular flexibility index (Phi) is 5.93. The fourth-order valence-electron chi connectivity index (χ4n) is 3.35. The van der Waals surface area contributed by atoms with Crippen LogP contribution in [0, 0.1) is 0 Å². The Bertz CT molecular complexity index is 1180. The zero-order valence-electron chi connectivity index (χ0n) is 17.7. The van der Waals surface area contributed by atoms with E-state index in [9.17, 15) is 4.79 Å². The second-order valence-electron chi connectivity index (χ2n) is 7.16. The fraction of sp³-hybridized carbons (Fsp3) is 0.250. The number of carbonyl (C=O) groups is 1. The number of para-hydroxylation sites is 1. The molecule has 1 N–H and O–H groups in total. The third-order valence-electron chi connectivity index (χ3n) is 5.05. The summed E-state index contributed by atoms with van der Waals surface area (Å²) in [5.74, 6) is 3.18. The molecule has 2 aromatic carbocycles. The number of amides is 1. The van der Waals surface area contributed by atoms with Crippen LogP contribution in [0.15, 0.2) is 63.6 Å². The predicted molar refractivity (Wildman–Crippen MR) is 116 cm³/mol. The normalized spacial score (nSPS) is 12.0. The van der Waals surface area contributed by atoms with Crippen molar-refractivity contribution in [2.45, 2.75) is 25.8 Å². The number of methoxy groups -OCH3 is 2. The van der Waals surface area contributed by atoms with Crippen molar-refractivity contribution in [2.24, 2.45) is 0 Å². The van der Waals surface area contributed by atoms with Crippen LogP contribution in [0.1, 0.15) is 31.0 Å². The monoisotopic (exact) mass is 420 g/mol. The number of nitrogens with zero attached hydrogens (tertiary/aromatic N) is 1. The second kappa shape index (κ2) is 8.95. The molecule has 2 aromatic heterocycles. The van der Waals surface area contributed by atoms with Crippen molar-refractivity contribution < 1.29 is 23.1 Å². The van der Waals surface area contributed by atoms with Gasteiger partial charge >= 0.3 is 0 Å². The molecule has 160 valence electrons. The topological polar surface area (TPSA) is 86.7 Å². The summed E-state index contributed by atoms with van der Waals surface area (Å²) in [5, 5.41) is 3.89. The Morgan fingerprint density at radius 3 is 2.65 bits per heavy atom. The van der Waals surface area contributed by atoms with Crippen LogP contribution in [-0.2, 0) is 11.2 Å². The summed E-state index contributed by atoms with van der Waals surface area (Å²) in [5.41, 5.74) is 1.57. The third-order valence-corrected chi connectivity index (χ3v) is 5.05. The van der Waals surface area contributed by atoms with Crippen molar-refractivity contribution in [1.82, 2.24) is 10.3 Å². The largest absolute Gasteiger partial charge is 0.497 e. The van der Waals surface area contributed by atoms with Gasteiger partial charge in [-0.25, -0.2) is 4.98 Å². The quantitative estimate of drug-likeness (QED) is 0.436. The molecule has 0 saturated carbocycles. The Morgan fingerprint density at radius 1 is 1.10 bits per heavy atom. The molecular formula is C24H24N2O5. The molecule has 2 heterocycles. The molecule has 0 aliphatic rings. The highest BCUT2D eigenvalue weighted by Crippen LogP contribution is 2.31. The van der Waals surface area contributed by atoms with Gasteiger partial charge in [-0.05, 0) is 43.3 Å². The summed E-state index contributed by atoms with van der Waals surface area (Å²) in [7, 11) is 3.23. The highest BCUT2D eigenvalue weighted by molar-refractivity contribution is 5.84. The van der Waals surface area contributed by atoms with E-state index >= 15 is 0 Å². The molecule has 0 bridgehead atoms. The lowest BCUT2D eigenvalue weighted by Gasteiger charge is -2.10. The molecule has 1 atom stereocenters. The van der Waals surface area contributed by atoms with Gasteiger partial charge in [-0.3, -0.25) is 4.79 Å². The first-order chi connectivity index (χ1) is 15.1. The predicted octanol–water partition coefficient (Wildman–Crippen LogP) is 4.92. The Labute approximate surface area is 180 Å². The van der Waals surface area contributed by atoms with Gasteiger partial charge in [0, 0.05) is 23.8 Å². The van der Waals surface area contributed by atoms with Crippen LogP contribution in [0.3, 0.4) is 0 Å². The number of hydrogen-bond donors (Lipinski definition) is 1. The van der Waals surface area contributed by atoms with Crippen LogP contribution in [0.25, 0.3) is 22.3 Å². The highest BCUT2D eigenvalue weighted by atomic mass is 16.5. The summed E-state index contributed by atoms with van der Waals surface area (Å²) < 4.78 is 22.2. The van der Waals surface area contributed by atoms with Crippen LogP contribution in [0.2, 0.25) is 0 Å². The maximum atomic E-state index is 12.4. The maximum absolute atomic E-state index is 12.4. The first-order valence-electron chi connectivity index (χ1n) is 10.0. The van der Waals surface area contributed by atoms with E-state index in [1.165, 1.54) is 0 Å². The van der Waals surface area contributed by atoms with Crippen LogP contribution in [0.4, 0.5) is 0 Å². The number of aryl methyl sites for hydroxylation is 1. The SMILES string of the molecule is COc1ccc(-c2cnc(CCC(=O)NC(C)c3cc4cccc(OC)c4o3)o2)cc1. The molecule has 7 heteroatoms. The minimum absolute atomic E-state index is 0.107. The molecule has 0 spiro atoms. The summed E-state index contributed by atoms with van der Waals surface area (Å²) in [6, 6.07) is 14.9. The van der Waals surface area contributed by atoms with Gasteiger partial charge in [0.1, 0.15) is 11.5 Å². The highest BCUT2D eigenvalue weighted by Gasteiger charge is 2.17. The molecule has 4 aromatic rings. The molecule has 0 fully saturated rings. The van der Waals surface area contributed by atoms with Gasteiger partial charge in [0.25, 0.3) is 0 Å². The minimum atomic E-state index is -0.274. The zero-order chi connectivity index (χ0) is 21.8. The van der Waals surface area contributed by atoms with Crippen LogP contribution >= 0.6 is 0 Å². The lowest BCUT2D eigenvalue weighted by molar-refractivity contribution is -0.121. The number of carbonyl (C=O) groups excluding carboxylic acids is 1. The molecule has 0 saturated heterocycles. The second-order valence-corrected chi connectivity index (χ2v) is 7.16. The van der Waals surface area contributed by atoms with Crippen molar-refractivity contribution in [3.8, 4) is 22.8 Å². The molecule has 4 rings (SSSR count). The van der Waals surface area contributed by atoms with E-state index in [-0.39, 0.29) is 18.4 Å². The van der Waals surface area contributed by atoms with Crippen LogP contribution in [0.5, 0.6) is 11.5 Å². The summed E-state index contributed by atoms with van der Waals surface area (Å²) in [6.07, 6.45) is 2.33. The molecule has 1 amide bonds. The van der Waals surface area contributed by atoms with Gasteiger partial charge in [-0.15, -0.1) is 0 Å². The first-order valence-corrected chi connectivity index (χ1v) is 10.0. The van der Waals surface area contributed by atoms with Gasteiger partial charge in [-0.2, -0.15) is 0 Å². The maximum Gasteiger partial charge on any atom is 0.221 e. The third kappa shape index (κ3) is 4.55. The summed E-state index contributed by atoms with van der Waals surface area (Å²) in [4.78, 5) is 16.7. The minimum Gasteiger partial charge on any atom is -0.497 e. The summed E-state index contributed by atoms with van der Waals surface area (Å²) in [6.45, 7) is 1.88. The average molecular weight is 420 g/mol. The van der Waals surface area contributed by atoms with E-state index in [0.717, 1.165) is 16.7 Å². The molecule has 31 heavy (non-hydrogen) atoms. The van der Waals surface area contributed by atoms with Crippen molar-refractivity contribution >= 4 is 16.9 Å². The molecule has 0 aliphatic heterocycles. The van der Waals surface area contributed by atoms with Crippen molar-refractivity contribution in [2.75, 3.05) is 14.2 Å². The van der Waals surface area contributed by atoms with E-state index in [1.54, 1.807) is 20.4 Å². The van der Waals surface area contributed by atoms with Gasteiger partial charge in [0.05, 0.1) is 26.5 Å². The van der Waals surface area contributed by atoms with E-state index in [1.807, 2.05) is 55.5 Å². The first kappa shape index (κ1) is 20.5. The van der Waals surface area contributed by atoms with E-state index in [4.69, 9.17) is 18.3 Å². The summed E-state index contributed by atoms with van der Waals surface area (Å²) >= 11 is 0. The number of furan rings is 1. The molecular weight excluding hydrogens is 396 g/mol. The van der Waals surface area contributed by atoms with Crippen molar-refractivity contribution in [1.29, 1.82) is 0 Å². The number of rotatable bonds is 8. The Hall–Kier alpha value is -3.74. The molecule has 0 radical (unpaired) electrons. The number of oxazole rings is 1. The van der Waals surface area contributed by atoms with Crippen molar-refractivity contribution in [3.05, 3.63) is 66.4 Å². The Balaban J connectivity index is 1.34. The lowest BCUT2D eigenvalue weighted by atomic mass is 10.2. The standard InChI is InChI=1S/C24H24N2O5/c1-15(20-13-17-5-4-6-19(29-3)24(17)31-20)26-22(27)11-12-23-25-14-21(30-23)16-7-9-18(28-2)10-8-16/h4-10,13-15H,11-12H2,1-3H3,(H,26,27). The molecule has 0 aliphatic carbocycles. The van der Waals surface area contributed by atoms with Crippen molar-refractivity contribution in [3.63, 3.8) is 0 Å². The molecule has 1 unspecified atom stereocenters. The van der Waals surface area contributed by atoms with Crippen LogP contribution < -0.4 is 14.8 Å². The zero-order valence-corrected chi connectivity index (χ0v) is 17.7. The smallest absolute Gasteiger partial charge is 0.221 e. The fourth-order valence-corrected chi connectivity index (χ4v) is 3.35. The average Bonchev–Trinajstić information content (AvgIpc) is 3.45. The number of nitrogens with one attached hydrogen (secondary N) is 1. The van der Waals surface area contributed by atoms with Gasteiger partial charge in [0.2, 0.25) is 5.91 Å². The lowest BCUT2D eigenvalue weighted by Crippen LogP contribution is -2.26. The number of fused-ring (bicyclic) bond motifs is 1. The molecule has 7 nitrogen and oxygen atoms in total. The van der Waals surface area contributed by atoms with E-state index in [0.29, 0.717) is 35.2 Å². The number of ether oxygens (including phenoxy) is 2. The number of hydrogen-bond acceptors (Lipinski definition) is 6. The number of aromatic nitrogens is 1. The Morgan fingerprint density at radius 2 is 1.90 bits per heavy atom.